The maximum absolute atomic E-state index is 4.70. The van der Waals surface area contributed by atoms with Crippen molar-refractivity contribution in [2.45, 2.75) is 33.2 Å². The molecule has 2 aromatic rings. The molecule has 0 spiro atoms. The normalized spacial score (nSPS) is 11.5. The lowest BCUT2D eigenvalue weighted by atomic mass is 10.1. The maximum Gasteiger partial charge on any atom is 0.191 e. The number of nitrogens with one attached hydrogen (secondary N) is 2. The summed E-state index contributed by atoms with van der Waals surface area (Å²) in [5, 5.41) is 10.9. The Kier molecular flexibility index (Phi) is 6.66. The number of aromatic nitrogens is 2. The minimum Gasteiger partial charge on any atom is -0.357 e. The number of nitrogens with zero attached hydrogens (tertiary/aromatic N) is 3. The molecule has 5 nitrogen and oxygen atoms in total. The van der Waals surface area contributed by atoms with Crippen LogP contribution < -0.4 is 10.6 Å². The van der Waals surface area contributed by atoms with Gasteiger partial charge in [-0.05, 0) is 36.5 Å². The Morgan fingerprint density at radius 3 is 2.61 bits per heavy atom. The summed E-state index contributed by atoms with van der Waals surface area (Å²) in [6.45, 7) is 6.66. The minimum absolute atomic E-state index is 0.701. The lowest BCUT2D eigenvalue weighted by Gasteiger charge is -2.11. The van der Waals surface area contributed by atoms with Gasteiger partial charge in [-0.3, -0.25) is 4.68 Å². The van der Waals surface area contributed by atoms with Gasteiger partial charge in [0.15, 0.2) is 5.96 Å². The van der Waals surface area contributed by atoms with Gasteiger partial charge in [-0.2, -0.15) is 5.10 Å². The number of aryl methyl sites for hydroxylation is 2. The quantitative estimate of drug-likeness (QED) is 0.609. The van der Waals surface area contributed by atoms with Crippen molar-refractivity contribution in [1.82, 2.24) is 20.4 Å². The molecule has 0 aliphatic heterocycles. The molecule has 0 unspecified atom stereocenters. The molecule has 2 N–H and O–H groups in total. The summed E-state index contributed by atoms with van der Waals surface area (Å²) in [6.07, 6.45) is 5.92. The number of hydrogen-bond acceptors (Lipinski definition) is 2. The van der Waals surface area contributed by atoms with Crippen LogP contribution in [0.1, 0.15) is 30.5 Å². The largest absolute Gasteiger partial charge is 0.357 e. The van der Waals surface area contributed by atoms with E-state index in [9.17, 15) is 0 Å². The van der Waals surface area contributed by atoms with E-state index in [-0.39, 0.29) is 0 Å². The molecular formula is C18H27N5. The SMILES string of the molecule is CCNC(=NCc1ccccc1CC)NCCc1cnn(C)c1. The predicted octanol–water partition coefficient (Wildman–Crippen LogP) is 2.28. The second-order valence-electron chi connectivity index (χ2n) is 5.52. The van der Waals surface area contributed by atoms with Crippen LogP contribution in [0.4, 0.5) is 0 Å². The fourth-order valence-corrected chi connectivity index (χ4v) is 2.49. The first-order valence-electron chi connectivity index (χ1n) is 8.29. The van der Waals surface area contributed by atoms with Crippen molar-refractivity contribution in [2.75, 3.05) is 13.1 Å². The van der Waals surface area contributed by atoms with Crippen LogP contribution in [-0.4, -0.2) is 28.8 Å². The third kappa shape index (κ3) is 5.43. The van der Waals surface area contributed by atoms with Crippen molar-refractivity contribution in [3.05, 3.63) is 53.3 Å². The highest BCUT2D eigenvalue weighted by molar-refractivity contribution is 5.79. The third-order valence-corrected chi connectivity index (χ3v) is 3.72. The molecular weight excluding hydrogens is 286 g/mol. The zero-order chi connectivity index (χ0) is 16.5. The lowest BCUT2D eigenvalue weighted by Crippen LogP contribution is -2.38. The van der Waals surface area contributed by atoms with E-state index in [0.717, 1.165) is 31.9 Å². The average molecular weight is 313 g/mol. The molecule has 0 saturated carbocycles. The van der Waals surface area contributed by atoms with Gasteiger partial charge in [0.2, 0.25) is 0 Å². The van der Waals surface area contributed by atoms with Crippen LogP contribution in [0.15, 0.2) is 41.7 Å². The highest BCUT2D eigenvalue weighted by Crippen LogP contribution is 2.10. The molecule has 2 rings (SSSR count). The summed E-state index contributed by atoms with van der Waals surface area (Å²) in [5.41, 5.74) is 3.88. The molecule has 1 aromatic carbocycles. The van der Waals surface area contributed by atoms with Gasteiger partial charge in [0.25, 0.3) is 0 Å². The third-order valence-electron chi connectivity index (χ3n) is 3.72. The van der Waals surface area contributed by atoms with E-state index < -0.39 is 0 Å². The van der Waals surface area contributed by atoms with E-state index in [2.05, 4.69) is 53.8 Å². The smallest absolute Gasteiger partial charge is 0.191 e. The second-order valence-corrected chi connectivity index (χ2v) is 5.52. The van der Waals surface area contributed by atoms with Crippen molar-refractivity contribution < 1.29 is 0 Å². The molecule has 0 atom stereocenters. The summed E-state index contributed by atoms with van der Waals surface area (Å²) in [7, 11) is 1.94. The molecule has 0 aliphatic rings. The van der Waals surface area contributed by atoms with Crippen LogP contribution >= 0.6 is 0 Å². The van der Waals surface area contributed by atoms with Crippen LogP contribution in [0, 0.1) is 0 Å². The zero-order valence-electron chi connectivity index (χ0n) is 14.3. The van der Waals surface area contributed by atoms with Gasteiger partial charge in [-0.15, -0.1) is 0 Å². The summed E-state index contributed by atoms with van der Waals surface area (Å²) in [4.78, 5) is 4.70. The zero-order valence-corrected chi connectivity index (χ0v) is 14.3. The van der Waals surface area contributed by atoms with Gasteiger partial charge in [-0.25, -0.2) is 4.99 Å². The van der Waals surface area contributed by atoms with Crippen molar-refractivity contribution >= 4 is 5.96 Å². The topological polar surface area (TPSA) is 54.2 Å². The molecule has 1 heterocycles. The molecule has 0 fully saturated rings. The minimum atomic E-state index is 0.701. The van der Waals surface area contributed by atoms with Crippen molar-refractivity contribution in [3.63, 3.8) is 0 Å². The van der Waals surface area contributed by atoms with E-state index in [1.807, 2.05) is 24.1 Å². The van der Waals surface area contributed by atoms with Crippen LogP contribution in [0.3, 0.4) is 0 Å². The van der Waals surface area contributed by atoms with Crippen molar-refractivity contribution in [1.29, 1.82) is 0 Å². The average Bonchev–Trinajstić information content (AvgIpc) is 2.98. The summed E-state index contributed by atoms with van der Waals surface area (Å²) in [6, 6.07) is 8.49. The van der Waals surface area contributed by atoms with Crippen molar-refractivity contribution in [3.8, 4) is 0 Å². The highest BCUT2D eigenvalue weighted by atomic mass is 15.2. The highest BCUT2D eigenvalue weighted by Gasteiger charge is 2.02. The molecule has 23 heavy (non-hydrogen) atoms. The molecule has 0 saturated heterocycles. The van der Waals surface area contributed by atoms with E-state index in [4.69, 9.17) is 4.99 Å². The first kappa shape index (κ1) is 17.1. The number of guanidine groups is 1. The fourth-order valence-electron chi connectivity index (χ4n) is 2.49. The van der Waals surface area contributed by atoms with Crippen LogP contribution in [0.25, 0.3) is 0 Å². The van der Waals surface area contributed by atoms with Crippen LogP contribution in [-0.2, 0) is 26.4 Å². The van der Waals surface area contributed by atoms with Gasteiger partial charge < -0.3 is 10.6 Å². The molecule has 0 amide bonds. The monoisotopic (exact) mass is 313 g/mol. The van der Waals surface area contributed by atoms with Gasteiger partial charge in [0, 0.05) is 26.3 Å². The molecule has 124 valence electrons. The molecule has 1 aromatic heterocycles. The number of benzene rings is 1. The molecule has 5 heteroatoms. The Morgan fingerprint density at radius 1 is 1.17 bits per heavy atom. The first-order valence-corrected chi connectivity index (χ1v) is 8.29. The summed E-state index contributed by atoms with van der Waals surface area (Å²) >= 11 is 0. The van der Waals surface area contributed by atoms with Gasteiger partial charge in [0.05, 0.1) is 12.7 Å². The van der Waals surface area contributed by atoms with Gasteiger partial charge in [0.1, 0.15) is 0 Å². The van der Waals surface area contributed by atoms with E-state index in [0.29, 0.717) is 6.54 Å². The fraction of sp³-hybridized carbons (Fsp3) is 0.444. The Bertz CT molecular complexity index is 630. The number of hydrogen-bond donors (Lipinski definition) is 2. The Labute approximate surface area is 138 Å². The summed E-state index contributed by atoms with van der Waals surface area (Å²) < 4.78 is 1.83. The number of aliphatic imine (C=N–C) groups is 1. The second kappa shape index (κ2) is 8.98. The number of rotatable bonds is 7. The Balaban J connectivity index is 1.91. The first-order chi connectivity index (χ1) is 11.2. The molecule has 0 radical (unpaired) electrons. The van der Waals surface area contributed by atoms with Gasteiger partial charge >= 0.3 is 0 Å². The van der Waals surface area contributed by atoms with E-state index in [1.54, 1.807) is 0 Å². The molecule has 0 aliphatic carbocycles. The maximum atomic E-state index is 4.70. The van der Waals surface area contributed by atoms with E-state index >= 15 is 0 Å². The van der Waals surface area contributed by atoms with Crippen LogP contribution in [0.5, 0.6) is 0 Å². The van der Waals surface area contributed by atoms with Crippen molar-refractivity contribution in [2.24, 2.45) is 12.0 Å². The Hall–Kier alpha value is -2.30. The predicted molar refractivity (Wildman–Crippen MR) is 95.6 cm³/mol. The Morgan fingerprint density at radius 2 is 1.96 bits per heavy atom. The standard InChI is InChI=1S/C18H27N5/c1-4-16-8-6-7-9-17(16)13-21-18(19-5-2)20-11-10-15-12-22-23(3)14-15/h6-9,12,14H,4-5,10-11,13H2,1-3H3,(H2,19,20,21). The van der Waals surface area contributed by atoms with Crippen LogP contribution in [0.2, 0.25) is 0 Å². The summed E-state index contributed by atoms with van der Waals surface area (Å²) in [5.74, 6) is 0.863. The van der Waals surface area contributed by atoms with Gasteiger partial charge in [-0.1, -0.05) is 31.2 Å². The van der Waals surface area contributed by atoms with E-state index in [1.165, 1.54) is 16.7 Å². The lowest BCUT2D eigenvalue weighted by molar-refractivity contribution is 0.765. The molecule has 0 bridgehead atoms.